The topological polar surface area (TPSA) is 4.44 Å². The van der Waals surface area contributed by atoms with Gasteiger partial charge in [-0.05, 0) is 25.8 Å². The lowest BCUT2D eigenvalue weighted by Crippen LogP contribution is -3.08. The predicted molar refractivity (Wildman–Crippen MR) is 116 cm³/mol. The number of hydrogen-bond donors (Lipinski definition) is 1. The van der Waals surface area contributed by atoms with Gasteiger partial charge >= 0.3 is 0 Å². The molecule has 0 aliphatic heterocycles. The van der Waals surface area contributed by atoms with Crippen molar-refractivity contribution >= 4 is 0 Å². The van der Waals surface area contributed by atoms with E-state index < -0.39 is 0 Å². The Balaban J connectivity index is -0.000000286. The van der Waals surface area contributed by atoms with Gasteiger partial charge in [-0.3, -0.25) is 0 Å². The fourth-order valence-corrected chi connectivity index (χ4v) is 2.62. The first-order valence-corrected chi connectivity index (χ1v) is 11.1. The van der Waals surface area contributed by atoms with Crippen LogP contribution in [0.25, 0.3) is 0 Å². The van der Waals surface area contributed by atoms with Gasteiger partial charge in [0.25, 0.3) is 0 Å². The maximum atomic E-state index is 3.79. The third kappa shape index (κ3) is 37.9. The molecular weight excluding hydrogens is 464 g/mol. The molecule has 0 aromatic carbocycles. The first kappa shape index (κ1) is 35.1. The molecule has 0 bridgehead atoms. The standard InChI is InChI=1S/C18H37N.C5H14N.2BrH/c1-4-6-7-8-9-10-11-12-13-14-15-16-18-19(3)17-5-2;1-5-6(2,3)4;;/h5H,2,4,6-18H2,1,3H3;5H2,1-4H3;2*1H/q;+1;;/p-1. The molecule has 1 atom stereocenters. The molecule has 4 heteroatoms. The number of likely N-dealkylation sites (N-methyl/N-ethyl adjacent to an activating group) is 1. The van der Waals surface area contributed by atoms with Crippen LogP contribution in [0.1, 0.15) is 90.9 Å². The molecule has 0 aromatic heterocycles. The van der Waals surface area contributed by atoms with Crippen molar-refractivity contribution in [2.24, 2.45) is 0 Å². The van der Waals surface area contributed by atoms with Crippen LogP contribution >= 0.6 is 0 Å². The second-order valence-corrected chi connectivity index (χ2v) is 8.70. The summed E-state index contributed by atoms with van der Waals surface area (Å²) in [5.41, 5.74) is 0. The van der Waals surface area contributed by atoms with Gasteiger partial charge in [-0.15, -0.1) is 0 Å². The molecule has 0 fully saturated rings. The van der Waals surface area contributed by atoms with Crippen molar-refractivity contribution in [1.82, 2.24) is 0 Å². The van der Waals surface area contributed by atoms with Crippen LogP contribution in [0.5, 0.6) is 0 Å². The van der Waals surface area contributed by atoms with Gasteiger partial charge in [0.1, 0.15) is 0 Å². The first-order chi connectivity index (χ1) is 11.9. The SMILES string of the molecule is C=CC[NH+](C)CCCCCCCCCCCCCC.CC[N+](C)(C)C.[Br-].[Br-]. The van der Waals surface area contributed by atoms with Crippen molar-refractivity contribution in [3.05, 3.63) is 12.7 Å². The number of nitrogens with one attached hydrogen (secondary N) is 1. The summed E-state index contributed by atoms with van der Waals surface area (Å²) in [5, 5.41) is 0. The zero-order chi connectivity index (χ0) is 19.4. The van der Waals surface area contributed by atoms with Crippen LogP contribution in [0.4, 0.5) is 0 Å². The van der Waals surface area contributed by atoms with Gasteiger partial charge in [0.15, 0.2) is 0 Å². The van der Waals surface area contributed by atoms with Crippen LogP contribution < -0.4 is 38.9 Å². The molecule has 27 heavy (non-hydrogen) atoms. The van der Waals surface area contributed by atoms with Gasteiger partial charge in [-0.1, -0.05) is 77.7 Å². The van der Waals surface area contributed by atoms with Crippen molar-refractivity contribution in [2.75, 3.05) is 47.8 Å². The Morgan fingerprint density at radius 3 is 1.33 bits per heavy atom. The summed E-state index contributed by atoms with van der Waals surface area (Å²) in [6.45, 7) is 11.9. The maximum absolute atomic E-state index is 3.79. The van der Waals surface area contributed by atoms with Crippen LogP contribution in [-0.4, -0.2) is 52.3 Å². The minimum Gasteiger partial charge on any atom is -1.00 e. The van der Waals surface area contributed by atoms with Crippen molar-refractivity contribution in [1.29, 1.82) is 0 Å². The quantitative estimate of drug-likeness (QED) is 0.154. The number of unbranched alkanes of at least 4 members (excludes halogenated alkanes) is 11. The zero-order valence-corrected chi connectivity index (χ0v) is 22.8. The normalized spacial score (nSPS) is 11.5. The highest BCUT2D eigenvalue weighted by Gasteiger charge is 1.98. The summed E-state index contributed by atoms with van der Waals surface area (Å²) in [4.78, 5) is 1.60. The van der Waals surface area contributed by atoms with Crippen LogP contribution in [0.3, 0.4) is 0 Å². The van der Waals surface area contributed by atoms with E-state index in [1.807, 2.05) is 6.08 Å². The van der Waals surface area contributed by atoms with Gasteiger partial charge < -0.3 is 43.3 Å². The Morgan fingerprint density at radius 1 is 0.704 bits per heavy atom. The lowest BCUT2D eigenvalue weighted by atomic mass is 10.1. The molecule has 0 heterocycles. The van der Waals surface area contributed by atoms with Gasteiger partial charge in [-0.25, -0.2) is 0 Å². The second kappa shape index (κ2) is 26.6. The van der Waals surface area contributed by atoms with E-state index >= 15 is 0 Å². The minimum absolute atomic E-state index is 0. The Labute approximate surface area is 194 Å². The lowest BCUT2D eigenvalue weighted by Gasteiger charge is -2.20. The predicted octanol–water partition coefficient (Wildman–Crippen LogP) is -0.891. The number of quaternary nitrogens is 2. The fraction of sp³-hybridized carbons (Fsp3) is 0.913. The lowest BCUT2D eigenvalue weighted by molar-refractivity contribution is -0.873. The summed E-state index contributed by atoms with van der Waals surface area (Å²) in [7, 11) is 8.81. The molecule has 0 aromatic rings. The summed E-state index contributed by atoms with van der Waals surface area (Å²) in [6, 6.07) is 0. The summed E-state index contributed by atoms with van der Waals surface area (Å²) >= 11 is 0. The number of rotatable bonds is 16. The Morgan fingerprint density at radius 2 is 1.04 bits per heavy atom. The second-order valence-electron chi connectivity index (χ2n) is 8.70. The average Bonchev–Trinajstić information content (AvgIpc) is 2.56. The van der Waals surface area contributed by atoms with Crippen molar-refractivity contribution in [3.8, 4) is 0 Å². The molecule has 0 radical (unpaired) electrons. The van der Waals surface area contributed by atoms with E-state index in [2.05, 4.69) is 48.6 Å². The summed E-state index contributed by atoms with van der Waals surface area (Å²) < 4.78 is 1.07. The van der Waals surface area contributed by atoms with E-state index in [4.69, 9.17) is 0 Å². The molecule has 1 N–H and O–H groups in total. The van der Waals surface area contributed by atoms with Crippen LogP contribution in [0, 0.1) is 0 Å². The highest BCUT2D eigenvalue weighted by atomic mass is 79.9. The smallest absolute Gasteiger partial charge is 0.0953 e. The van der Waals surface area contributed by atoms with E-state index in [1.165, 1.54) is 90.1 Å². The van der Waals surface area contributed by atoms with Crippen molar-refractivity contribution < 1.29 is 43.3 Å². The third-order valence-electron chi connectivity index (χ3n) is 4.90. The Kier molecular flexibility index (Phi) is 34.6. The van der Waals surface area contributed by atoms with Gasteiger partial charge in [-0.2, -0.15) is 0 Å². The van der Waals surface area contributed by atoms with E-state index in [-0.39, 0.29) is 34.0 Å². The highest BCUT2D eigenvalue weighted by molar-refractivity contribution is 4.62. The molecule has 0 saturated heterocycles. The minimum atomic E-state index is 0. The van der Waals surface area contributed by atoms with E-state index in [0.717, 1.165) is 11.0 Å². The monoisotopic (exact) mass is 514 g/mol. The van der Waals surface area contributed by atoms with Gasteiger partial charge in [0, 0.05) is 0 Å². The van der Waals surface area contributed by atoms with Crippen LogP contribution in [0.15, 0.2) is 12.7 Å². The number of hydrogen-bond acceptors (Lipinski definition) is 0. The molecule has 0 aliphatic rings. The largest absolute Gasteiger partial charge is 1.00 e. The van der Waals surface area contributed by atoms with E-state index in [0.29, 0.717) is 0 Å². The van der Waals surface area contributed by atoms with Crippen LogP contribution in [-0.2, 0) is 0 Å². The van der Waals surface area contributed by atoms with E-state index in [9.17, 15) is 0 Å². The summed E-state index contributed by atoms with van der Waals surface area (Å²) in [5.74, 6) is 0. The Hall–Kier alpha value is 0.620. The molecule has 0 spiro atoms. The van der Waals surface area contributed by atoms with Crippen LogP contribution in [0.2, 0.25) is 0 Å². The zero-order valence-electron chi connectivity index (χ0n) is 19.6. The number of nitrogens with zero attached hydrogens (tertiary/aromatic N) is 1. The molecule has 2 nitrogen and oxygen atoms in total. The highest BCUT2D eigenvalue weighted by Crippen LogP contribution is 2.11. The molecule has 0 saturated carbocycles. The van der Waals surface area contributed by atoms with Gasteiger partial charge in [0.05, 0.1) is 47.8 Å². The van der Waals surface area contributed by atoms with Crippen molar-refractivity contribution in [2.45, 2.75) is 90.9 Å². The first-order valence-electron chi connectivity index (χ1n) is 11.1. The Bertz CT molecular complexity index is 266. The van der Waals surface area contributed by atoms with Gasteiger partial charge in [0.2, 0.25) is 0 Å². The maximum Gasteiger partial charge on any atom is 0.0953 e. The molecule has 1 unspecified atom stereocenters. The molecule has 0 amide bonds. The average molecular weight is 516 g/mol. The summed E-state index contributed by atoms with van der Waals surface area (Å²) in [6.07, 6.45) is 19.3. The van der Waals surface area contributed by atoms with Crippen molar-refractivity contribution in [3.63, 3.8) is 0 Å². The number of halogens is 2. The molecule has 168 valence electrons. The third-order valence-corrected chi connectivity index (χ3v) is 4.90. The molecule has 0 rings (SSSR count). The molecule has 0 aliphatic carbocycles. The van der Waals surface area contributed by atoms with E-state index in [1.54, 1.807) is 4.90 Å². The fourth-order valence-electron chi connectivity index (χ4n) is 2.62. The molecular formula is C23H52Br2N2.